The predicted octanol–water partition coefficient (Wildman–Crippen LogP) is 3.24. The van der Waals surface area contributed by atoms with E-state index < -0.39 is 17.8 Å². The number of amides is 1. The minimum atomic E-state index is -1.17. The van der Waals surface area contributed by atoms with Crippen molar-refractivity contribution in [2.45, 2.75) is 6.42 Å². The Bertz CT molecular complexity index is 927. The molecule has 2 bridgehead atoms. The first-order valence-electron chi connectivity index (χ1n) is 8.05. The second-order valence-electron chi connectivity index (χ2n) is 6.47. The Morgan fingerprint density at radius 3 is 2.62 bits per heavy atom. The number of allylic oxidation sites excluding steroid dienone is 2. The van der Waals surface area contributed by atoms with Gasteiger partial charge in [0.25, 0.3) is 0 Å². The lowest BCUT2D eigenvalue weighted by Crippen LogP contribution is -2.42. The SMILES string of the molecule is O=C([O-])[C@@H]1[C@H](C(=O)Nc2nc(-c3ccc(Cl)cc3Cl)cs2)[C@@H]2C=C[C@H]1C2. The number of carboxylic acids is 1. The van der Waals surface area contributed by atoms with Crippen LogP contribution in [0.3, 0.4) is 0 Å². The van der Waals surface area contributed by atoms with E-state index in [1.165, 1.54) is 11.3 Å². The van der Waals surface area contributed by atoms with Crippen LogP contribution < -0.4 is 10.4 Å². The molecule has 2 aliphatic rings. The number of rotatable bonds is 4. The van der Waals surface area contributed by atoms with Crippen molar-refractivity contribution < 1.29 is 14.7 Å². The zero-order valence-corrected chi connectivity index (χ0v) is 15.6. The molecule has 26 heavy (non-hydrogen) atoms. The first-order chi connectivity index (χ1) is 12.4. The molecule has 0 radical (unpaired) electrons. The summed E-state index contributed by atoms with van der Waals surface area (Å²) in [6.07, 6.45) is 4.48. The van der Waals surface area contributed by atoms with E-state index in [0.717, 1.165) is 0 Å². The zero-order chi connectivity index (χ0) is 18.4. The van der Waals surface area contributed by atoms with Gasteiger partial charge in [-0.3, -0.25) is 4.79 Å². The highest BCUT2D eigenvalue weighted by Gasteiger charge is 2.48. The number of fused-ring (bicyclic) bond motifs is 2. The molecule has 1 saturated carbocycles. The Balaban J connectivity index is 1.53. The van der Waals surface area contributed by atoms with Gasteiger partial charge in [-0.05, 0) is 36.5 Å². The predicted molar refractivity (Wildman–Crippen MR) is 98.9 cm³/mol. The van der Waals surface area contributed by atoms with E-state index in [-0.39, 0.29) is 17.7 Å². The Kier molecular flexibility index (Phi) is 4.50. The fourth-order valence-electron chi connectivity index (χ4n) is 3.84. The molecule has 0 saturated heterocycles. The molecule has 2 aromatic rings. The smallest absolute Gasteiger partial charge is 0.230 e. The number of benzene rings is 1. The van der Waals surface area contributed by atoms with E-state index in [2.05, 4.69) is 10.3 Å². The fraction of sp³-hybridized carbons (Fsp3) is 0.278. The molecule has 2 aliphatic carbocycles. The number of carbonyl (C=O) groups is 2. The van der Waals surface area contributed by atoms with Crippen molar-refractivity contribution in [2.75, 3.05) is 5.32 Å². The normalized spacial score (nSPS) is 26.2. The van der Waals surface area contributed by atoms with E-state index in [4.69, 9.17) is 23.2 Å². The van der Waals surface area contributed by atoms with E-state index in [1.807, 2.05) is 12.2 Å². The van der Waals surface area contributed by atoms with Gasteiger partial charge in [0.15, 0.2) is 5.13 Å². The Morgan fingerprint density at radius 2 is 1.92 bits per heavy atom. The van der Waals surface area contributed by atoms with E-state index >= 15 is 0 Å². The third-order valence-corrected chi connectivity index (χ3v) is 6.28. The zero-order valence-electron chi connectivity index (χ0n) is 13.3. The molecular weight excluding hydrogens is 395 g/mol. The van der Waals surface area contributed by atoms with Crippen LogP contribution in [0.25, 0.3) is 11.3 Å². The Labute approximate surface area is 163 Å². The number of thiazole rings is 1. The average Bonchev–Trinajstić information content (AvgIpc) is 3.29. The lowest BCUT2D eigenvalue weighted by molar-refractivity contribution is -0.313. The van der Waals surface area contributed by atoms with Crippen LogP contribution in [0.5, 0.6) is 0 Å². The molecule has 0 spiro atoms. The van der Waals surface area contributed by atoms with Crippen LogP contribution in [0.15, 0.2) is 35.7 Å². The van der Waals surface area contributed by atoms with Crippen LogP contribution in [-0.2, 0) is 9.59 Å². The number of aliphatic carboxylic acids is 1. The summed E-state index contributed by atoms with van der Waals surface area (Å²) in [6, 6.07) is 5.10. The van der Waals surface area contributed by atoms with Crippen molar-refractivity contribution in [1.82, 2.24) is 4.98 Å². The molecular formula is C18H13Cl2N2O3S-. The number of hydrogen-bond acceptors (Lipinski definition) is 5. The third-order valence-electron chi connectivity index (χ3n) is 4.98. The second-order valence-corrected chi connectivity index (χ2v) is 8.17. The molecule has 1 fully saturated rings. The van der Waals surface area contributed by atoms with E-state index in [9.17, 15) is 14.7 Å². The van der Waals surface area contributed by atoms with Gasteiger partial charge >= 0.3 is 0 Å². The summed E-state index contributed by atoms with van der Waals surface area (Å²) in [5.41, 5.74) is 1.33. The van der Waals surface area contributed by atoms with Gasteiger partial charge in [0.2, 0.25) is 5.91 Å². The molecule has 0 unspecified atom stereocenters. The molecule has 1 N–H and O–H groups in total. The van der Waals surface area contributed by atoms with Crippen LogP contribution in [0.4, 0.5) is 5.13 Å². The lowest BCUT2D eigenvalue weighted by atomic mass is 9.82. The topological polar surface area (TPSA) is 82.1 Å². The lowest BCUT2D eigenvalue weighted by Gasteiger charge is -2.27. The van der Waals surface area contributed by atoms with Crippen LogP contribution in [0.2, 0.25) is 10.0 Å². The van der Waals surface area contributed by atoms with Crippen molar-refractivity contribution in [3.63, 3.8) is 0 Å². The van der Waals surface area contributed by atoms with Crippen molar-refractivity contribution in [3.8, 4) is 11.3 Å². The van der Waals surface area contributed by atoms with E-state index in [1.54, 1.807) is 23.6 Å². The maximum absolute atomic E-state index is 12.7. The number of hydrogen-bond donors (Lipinski definition) is 1. The maximum Gasteiger partial charge on any atom is 0.230 e. The molecule has 0 aliphatic heterocycles. The number of halogens is 2. The van der Waals surface area contributed by atoms with Crippen LogP contribution >= 0.6 is 34.5 Å². The van der Waals surface area contributed by atoms with Crippen molar-refractivity contribution in [2.24, 2.45) is 23.7 Å². The Morgan fingerprint density at radius 1 is 1.19 bits per heavy atom. The number of carboxylic acid groups (broad SMARTS) is 1. The summed E-state index contributed by atoms with van der Waals surface area (Å²) in [5, 5.41) is 17.4. The molecule has 8 heteroatoms. The van der Waals surface area contributed by atoms with Gasteiger partial charge in [-0.25, -0.2) is 4.98 Å². The molecule has 4 rings (SSSR count). The summed E-state index contributed by atoms with van der Waals surface area (Å²) in [5.74, 6) is -3.10. The van der Waals surface area contributed by atoms with Crippen LogP contribution in [0.1, 0.15) is 6.42 Å². The number of nitrogens with one attached hydrogen (secondary N) is 1. The van der Waals surface area contributed by atoms with Gasteiger partial charge in [-0.2, -0.15) is 0 Å². The standard InChI is InChI=1S/C18H14Cl2N2O3S/c19-10-3-4-11(12(20)6-10)13-7-26-18(21-13)22-16(23)14-8-1-2-9(5-8)15(14)17(24)25/h1-4,6-9,14-15H,5H2,(H,24,25)(H,21,22,23)/p-1/t8-,9+,14-,15+/m1/s1. The second kappa shape index (κ2) is 6.68. The first-order valence-corrected chi connectivity index (χ1v) is 9.68. The molecule has 1 heterocycles. The number of nitrogens with zero attached hydrogens (tertiary/aromatic N) is 1. The molecule has 1 amide bonds. The quantitative estimate of drug-likeness (QED) is 0.788. The van der Waals surface area contributed by atoms with Gasteiger partial charge in [-0.15, -0.1) is 11.3 Å². The number of carbonyl (C=O) groups excluding carboxylic acids is 2. The largest absolute Gasteiger partial charge is 0.550 e. The van der Waals surface area contributed by atoms with Crippen molar-refractivity contribution >= 4 is 51.5 Å². The monoisotopic (exact) mass is 407 g/mol. The maximum atomic E-state index is 12.7. The minimum absolute atomic E-state index is 0.0620. The van der Waals surface area contributed by atoms with Gasteiger partial charge in [0.05, 0.1) is 16.6 Å². The Hall–Kier alpha value is -1.89. The summed E-state index contributed by atoms with van der Waals surface area (Å²) >= 11 is 13.4. The highest BCUT2D eigenvalue weighted by Crippen LogP contribution is 2.48. The van der Waals surface area contributed by atoms with Crippen molar-refractivity contribution in [3.05, 3.63) is 45.8 Å². The number of aromatic nitrogens is 1. The summed E-state index contributed by atoms with van der Waals surface area (Å²) in [7, 11) is 0. The summed E-state index contributed by atoms with van der Waals surface area (Å²) in [4.78, 5) is 28.5. The van der Waals surface area contributed by atoms with Crippen LogP contribution in [0, 0.1) is 23.7 Å². The molecule has 1 aromatic carbocycles. The third kappa shape index (κ3) is 3.02. The highest BCUT2D eigenvalue weighted by atomic mass is 35.5. The van der Waals surface area contributed by atoms with Crippen LogP contribution in [-0.4, -0.2) is 16.9 Å². The highest BCUT2D eigenvalue weighted by molar-refractivity contribution is 7.14. The molecule has 4 atom stereocenters. The van der Waals surface area contributed by atoms with Gasteiger partial charge in [0.1, 0.15) is 0 Å². The average molecular weight is 408 g/mol. The minimum Gasteiger partial charge on any atom is -0.550 e. The molecule has 134 valence electrons. The van der Waals surface area contributed by atoms with Crippen molar-refractivity contribution in [1.29, 1.82) is 0 Å². The van der Waals surface area contributed by atoms with Gasteiger partial charge in [0, 0.05) is 27.9 Å². The van der Waals surface area contributed by atoms with Gasteiger partial charge in [-0.1, -0.05) is 35.4 Å². The molecule has 5 nitrogen and oxygen atoms in total. The summed E-state index contributed by atoms with van der Waals surface area (Å²) in [6.45, 7) is 0. The molecule has 1 aromatic heterocycles. The van der Waals surface area contributed by atoms with E-state index in [0.29, 0.717) is 32.9 Å². The van der Waals surface area contributed by atoms with Gasteiger partial charge < -0.3 is 15.2 Å². The fourth-order valence-corrected chi connectivity index (χ4v) is 5.06. The summed E-state index contributed by atoms with van der Waals surface area (Å²) < 4.78 is 0. The first kappa shape index (κ1) is 17.5. The number of anilines is 1.